The highest BCUT2D eigenvalue weighted by Gasteiger charge is 2.38. The lowest BCUT2D eigenvalue weighted by Crippen LogP contribution is -2.29. The van der Waals surface area contributed by atoms with Gasteiger partial charge in [-0.05, 0) is 18.2 Å². The maximum absolute atomic E-state index is 12.6. The lowest BCUT2D eigenvalue weighted by molar-refractivity contribution is 0.0851. The Hall–Kier alpha value is -3.51. The Morgan fingerprint density at radius 2 is 1.62 bits per heavy atom. The van der Waals surface area contributed by atoms with Crippen molar-refractivity contribution in [2.24, 2.45) is 9.98 Å². The standard InChI is InChI=1S/C20H11N3O3/c24-8-5-6-10-12(7-8)22-18-14(10)16-15(19(25)23-20(16)26)13-9-3-1-2-4-11(9)21-17(13)18/h1-7,19,24-25H,(H,23,26)/t19-/m0/s1. The van der Waals surface area contributed by atoms with Crippen molar-refractivity contribution >= 4 is 17.3 Å². The first kappa shape index (κ1) is 13.7. The summed E-state index contributed by atoms with van der Waals surface area (Å²) >= 11 is 0. The van der Waals surface area contributed by atoms with Gasteiger partial charge in [-0.25, -0.2) is 9.98 Å². The van der Waals surface area contributed by atoms with Gasteiger partial charge in [-0.1, -0.05) is 18.2 Å². The molecule has 0 saturated heterocycles. The Morgan fingerprint density at radius 1 is 0.885 bits per heavy atom. The molecule has 1 amide bonds. The summed E-state index contributed by atoms with van der Waals surface area (Å²) in [6.07, 6.45) is -1.08. The molecule has 6 heteroatoms. The number of rotatable bonds is 0. The highest BCUT2D eigenvalue weighted by molar-refractivity contribution is 6.09. The number of aliphatic hydroxyl groups is 1. The molecule has 3 aliphatic rings. The highest BCUT2D eigenvalue weighted by atomic mass is 16.3. The van der Waals surface area contributed by atoms with Crippen LogP contribution >= 0.6 is 0 Å². The second kappa shape index (κ2) is 4.36. The highest BCUT2D eigenvalue weighted by Crippen LogP contribution is 2.44. The maximum atomic E-state index is 12.6. The zero-order valence-corrected chi connectivity index (χ0v) is 13.3. The number of aliphatic hydroxyl groups excluding tert-OH is 1. The summed E-state index contributed by atoms with van der Waals surface area (Å²) in [6, 6.07) is 12.5. The molecule has 3 aromatic carbocycles. The molecule has 0 unspecified atom stereocenters. The number of nitrogens with one attached hydrogen (secondary N) is 1. The Kier molecular flexibility index (Phi) is 2.30. The van der Waals surface area contributed by atoms with Crippen molar-refractivity contribution in [2.75, 3.05) is 0 Å². The van der Waals surface area contributed by atoms with Crippen LogP contribution in [0.15, 0.2) is 52.4 Å². The SMILES string of the molecule is O=C1N[C@@H](O)c2c1c1c(c3c2-c2ccccc2N=3)=Nc2cc(O)ccc2-1. The van der Waals surface area contributed by atoms with Crippen LogP contribution in [0.5, 0.6) is 5.75 Å². The molecule has 3 N–H and O–H groups in total. The quantitative estimate of drug-likeness (QED) is 0.402. The molecule has 1 atom stereocenters. The van der Waals surface area contributed by atoms with Crippen LogP contribution in [0.3, 0.4) is 0 Å². The van der Waals surface area contributed by atoms with E-state index in [0.717, 1.165) is 22.4 Å². The first-order valence-corrected chi connectivity index (χ1v) is 8.22. The number of aromatic hydroxyl groups is 1. The van der Waals surface area contributed by atoms with Gasteiger partial charge in [0.25, 0.3) is 5.91 Å². The molecule has 3 aromatic rings. The van der Waals surface area contributed by atoms with E-state index in [1.165, 1.54) is 0 Å². The van der Waals surface area contributed by atoms with E-state index in [1.807, 2.05) is 24.3 Å². The molecule has 6 rings (SSSR count). The number of phenols is 1. The minimum atomic E-state index is -1.08. The summed E-state index contributed by atoms with van der Waals surface area (Å²) in [5.41, 5.74) is 5.42. The van der Waals surface area contributed by atoms with Crippen molar-refractivity contribution < 1.29 is 15.0 Å². The third-order valence-corrected chi connectivity index (χ3v) is 5.14. The average Bonchev–Trinajstić information content (AvgIpc) is 3.25. The maximum Gasteiger partial charge on any atom is 0.254 e. The fourth-order valence-corrected chi connectivity index (χ4v) is 4.12. The van der Waals surface area contributed by atoms with Gasteiger partial charge in [0.1, 0.15) is 5.75 Å². The average molecular weight is 341 g/mol. The molecule has 0 radical (unpaired) electrons. The van der Waals surface area contributed by atoms with E-state index >= 15 is 0 Å². The molecule has 0 aromatic heterocycles. The Morgan fingerprint density at radius 3 is 2.50 bits per heavy atom. The molecular formula is C20H11N3O3. The number of carbonyl (C=O) groups is 1. The van der Waals surface area contributed by atoms with E-state index < -0.39 is 6.23 Å². The van der Waals surface area contributed by atoms with Gasteiger partial charge in [0.15, 0.2) is 6.23 Å². The number of amides is 1. The van der Waals surface area contributed by atoms with E-state index in [-0.39, 0.29) is 11.7 Å². The van der Waals surface area contributed by atoms with E-state index in [4.69, 9.17) is 4.99 Å². The van der Waals surface area contributed by atoms with E-state index in [1.54, 1.807) is 18.2 Å². The largest absolute Gasteiger partial charge is 0.508 e. The van der Waals surface area contributed by atoms with E-state index in [0.29, 0.717) is 33.1 Å². The minimum Gasteiger partial charge on any atom is -0.508 e. The third-order valence-electron chi connectivity index (χ3n) is 5.14. The molecule has 3 heterocycles. The van der Waals surface area contributed by atoms with Crippen molar-refractivity contribution in [3.05, 3.63) is 64.3 Å². The number of phenolic OH excluding ortho intramolecular Hbond substituents is 1. The summed E-state index contributed by atoms with van der Waals surface area (Å²) in [6.45, 7) is 0. The predicted octanol–water partition coefficient (Wildman–Crippen LogP) is 1.99. The zero-order valence-electron chi connectivity index (χ0n) is 13.3. The van der Waals surface area contributed by atoms with Crippen LogP contribution in [-0.2, 0) is 0 Å². The van der Waals surface area contributed by atoms with Gasteiger partial charge in [0.05, 0.1) is 27.7 Å². The molecule has 6 nitrogen and oxygen atoms in total. The van der Waals surface area contributed by atoms with Gasteiger partial charge < -0.3 is 15.5 Å². The Bertz CT molecular complexity index is 1310. The molecular weight excluding hydrogens is 330 g/mol. The van der Waals surface area contributed by atoms with Gasteiger partial charge >= 0.3 is 0 Å². The van der Waals surface area contributed by atoms with Crippen LogP contribution in [0.2, 0.25) is 0 Å². The topological polar surface area (TPSA) is 94.3 Å². The van der Waals surface area contributed by atoms with Gasteiger partial charge in [0, 0.05) is 33.9 Å². The number of fused-ring (bicyclic) bond motifs is 10. The van der Waals surface area contributed by atoms with Crippen LogP contribution < -0.4 is 16.0 Å². The van der Waals surface area contributed by atoms with Crippen molar-refractivity contribution in [2.45, 2.75) is 6.23 Å². The molecule has 0 bridgehead atoms. The van der Waals surface area contributed by atoms with Crippen LogP contribution in [0.25, 0.3) is 22.3 Å². The second-order valence-electron chi connectivity index (χ2n) is 6.55. The van der Waals surface area contributed by atoms with Crippen molar-refractivity contribution in [1.29, 1.82) is 0 Å². The van der Waals surface area contributed by atoms with Crippen LogP contribution in [-0.4, -0.2) is 16.1 Å². The fraction of sp³-hybridized carbons (Fsp3) is 0.0500. The monoisotopic (exact) mass is 341 g/mol. The van der Waals surface area contributed by atoms with Crippen LogP contribution in [0.4, 0.5) is 11.4 Å². The Labute approximate surface area is 146 Å². The van der Waals surface area contributed by atoms with E-state index in [9.17, 15) is 15.0 Å². The van der Waals surface area contributed by atoms with Crippen molar-refractivity contribution in [3.8, 4) is 28.0 Å². The Balaban J connectivity index is 1.86. The van der Waals surface area contributed by atoms with Crippen molar-refractivity contribution in [3.63, 3.8) is 0 Å². The van der Waals surface area contributed by atoms with Crippen LogP contribution in [0, 0.1) is 0 Å². The molecule has 124 valence electrons. The van der Waals surface area contributed by atoms with Crippen molar-refractivity contribution in [1.82, 2.24) is 5.32 Å². The third kappa shape index (κ3) is 1.48. The van der Waals surface area contributed by atoms with Gasteiger partial charge in [-0.2, -0.15) is 0 Å². The number of para-hydroxylation sites is 1. The molecule has 0 saturated carbocycles. The fourth-order valence-electron chi connectivity index (χ4n) is 4.12. The smallest absolute Gasteiger partial charge is 0.254 e. The second-order valence-corrected chi connectivity index (χ2v) is 6.55. The number of hydrogen-bond acceptors (Lipinski definition) is 5. The summed E-state index contributed by atoms with van der Waals surface area (Å²) in [5, 5.41) is 24.2. The molecule has 3 aliphatic heterocycles. The van der Waals surface area contributed by atoms with Gasteiger partial charge in [-0.15, -0.1) is 0 Å². The summed E-state index contributed by atoms with van der Waals surface area (Å²) in [4.78, 5) is 22.0. The summed E-state index contributed by atoms with van der Waals surface area (Å²) in [5.74, 6) is -0.217. The summed E-state index contributed by atoms with van der Waals surface area (Å²) in [7, 11) is 0. The number of hydrogen-bond donors (Lipinski definition) is 3. The molecule has 0 aliphatic carbocycles. The van der Waals surface area contributed by atoms with Crippen LogP contribution in [0.1, 0.15) is 22.1 Å². The zero-order chi connectivity index (χ0) is 17.6. The first-order chi connectivity index (χ1) is 12.6. The first-order valence-electron chi connectivity index (χ1n) is 8.22. The van der Waals surface area contributed by atoms with E-state index in [2.05, 4.69) is 10.3 Å². The number of carbonyl (C=O) groups excluding carboxylic acids is 1. The minimum absolute atomic E-state index is 0.110. The molecule has 0 spiro atoms. The number of nitrogens with zero attached hydrogens (tertiary/aromatic N) is 2. The van der Waals surface area contributed by atoms with Gasteiger partial charge in [0.2, 0.25) is 0 Å². The lowest BCUT2D eigenvalue weighted by Gasteiger charge is -2.11. The molecule has 0 fully saturated rings. The number of benzene rings is 3. The predicted molar refractivity (Wildman–Crippen MR) is 93.0 cm³/mol. The normalized spacial score (nSPS) is 17.4. The molecule has 26 heavy (non-hydrogen) atoms. The summed E-state index contributed by atoms with van der Waals surface area (Å²) < 4.78 is 0. The lowest BCUT2D eigenvalue weighted by atomic mass is 9.90. The van der Waals surface area contributed by atoms with Gasteiger partial charge in [-0.3, -0.25) is 4.79 Å².